The second-order valence-corrected chi connectivity index (χ2v) is 4.71. The van der Waals surface area contributed by atoms with Crippen molar-refractivity contribution < 1.29 is 0 Å². The lowest BCUT2D eigenvalue weighted by Crippen LogP contribution is -2.29. The quantitative estimate of drug-likeness (QED) is 0.766. The molecule has 4 nitrogen and oxygen atoms in total. The third-order valence-electron chi connectivity index (χ3n) is 3.44. The number of hydrogen-bond acceptors (Lipinski definition) is 3. The summed E-state index contributed by atoms with van der Waals surface area (Å²) in [6, 6.07) is 0.557. The van der Waals surface area contributed by atoms with E-state index in [1.165, 1.54) is 25.7 Å². The maximum Gasteiger partial charge on any atom is 0.0884 e. The van der Waals surface area contributed by atoms with Crippen LogP contribution in [0, 0.1) is 0 Å². The molecule has 82 valence electrons. The molecule has 3 N–H and O–H groups in total. The van der Waals surface area contributed by atoms with Crippen LogP contribution >= 0.6 is 0 Å². The van der Waals surface area contributed by atoms with E-state index in [9.17, 15) is 0 Å². The number of rotatable bonds is 2. The van der Waals surface area contributed by atoms with E-state index in [0.29, 0.717) is 12.0 Å². The molecule has 0 aromatic carbocycles. The number of hydrogen-bond donors (Lipinski definition) is 2. The zero-order valence-corrected chi connectivity index (χ0v) is 8.95. The van der Waals surface area contributed by atoms with Crippen LogP contribution in [0.4, 0.5) is 5.69 Å². The molecule has 3 rings (SSSR count). The first-order valence-electron chi connectivity index (χ1n) is 5.90. The monoisotopic (exact) mass is 206 g/mol. The summed E-state index contributed by atoms with van der Waals surface area (Å²) in [7, 11) is 0. The zero-order chi connectivity index (χ0) is 10.3. The Morgan fingerprint density at radius 2 is 2.00 bits per heavy atom. The molecule has 0 unspecified atom stereocenters. The number of nitrogen functional groups attached to an aromatic ring is 1. The van der Waals surface area contributed by atoms with Gasteiger partial charge in [0.1, 0.15) is 0 Å². The summed E-state index contributed by atoms with van der Waals surface area (Å²) >= 11 is 0. The van der Waals surface area contributed by atoms with Gasteiger partial charge in [0.2, 0.25) is 0 Å². The molecule has 15 heavy (non-hydrogen) atoms. The molecule has 1 saturated carbocycles. The number of piperidine rings is 1. The molecule has 1 saturated heterocycles. The van der Waals surface area contributed by atoms with Gasteiger partial charge in [-0.25, -0.2) is 0 Å². The van der Waals surface area contributed by atoms with Gasteiger partial charge in [0.25, 0.3) is 0 Å². The summed E-state index contributed by atoms with van der Waals surface area (Å²) in [5.74, 6) is 0.660. The lowest BCUT2D eigenvalue weighted by molar-refractivity contribution is 0.342. The molecule has 1 aromatic rings. The van der Waals surface area contributed by atoms with Crippen molar-refractivity contribution in [1.29, 1.82) is 0 Å². The number of nitrogens with two attached hydrogens (primary N) is 1. The Balaban J connectivity index is 1.81. The molecule has 1 aliphatic heterocycles. The summed E-state index contributed by atoms with van der Waals surface area (Å²) in [6.07, 6.45) is 6.92. The maximum atomic E-state index is 5.99. The minimum atomic E-state index is 0.557. The summed E-state index contributed by atoms with van der Waals surface area (Å²) in [5, 5.41) is 8.03. The van der Waals surface area contributed by atoms with Crippen molar-refractivity contribution in [3.63, 3.8) is 0 Å². The Kier molecular flexibility index (Phi) is 2.16. The average Bonchev–Trinajstić information content (AvgIpc) is 3.04. The van der Waals surface area contributed by atoms with Gasteiger partial charge >= 0.3 is 0 Å². The van der Waals surface area contributed by atoms with Crippen LogP contribution in [0.5, 0.6) is 0 Å². The summed E-state index contributed by atoms with van der Waals surface area (Å²) in [6.45, 7) is 2.20. The van der Waals surface area contributed by atoms with E-state index in [0.717, 1.165) is 24.5 Å². The second-order valence-electron chi connectivity index (χ2n) is 4.71. The third-order valence-corrected chi connectivity index (χ3v) is 3.44. The molecule has 2 heterocycles. The topological polar surface area (TPSA) is 55.9 Å². The van der Waals surface area contributed by atoms with Gasteiger partial charge in [0.15, 0.2) is 0 Å². The van der Waals surface area contributed by atoms with Gasteiger partial charge in [-0.15, -0.1) is 0 Å². The van der Waals surface area contributed by atoms with E-state index in [1.54, 1.807) is 0 Å². The molecule has 0 spiro atoms. The lowest BCUT2D eigenvalue weighted by atomic mass is 10.1. The summed E-state index contributed by atoms with van der Waals surface area (Å²) in [4.78, 5) is 0. The van der Waals surface area contributed by atoms with Crippen molar-refractivity contribution in [3.05, 3.63) is 11.9 Å². The van der Waals surface area contributed by atoms with Crippen LogP contribution < -0.4 is 11.1 Å². The van der Waals surface area contributed by atoms with Crippen LogP contribution in [-0.2, 0) is 0 Å². The van der Waals surface area contributed by atoms with E-state index >= 15 is 0 Å². The third kappa shape index (κ3) is 1.74. The van der Waals surface area contributed by atoms with Crippen LogP contribution in [0.1, 0.15) is 43.3 Å². The molecule has 4 heteroatoms. The van der Waals surface area contributed by atoms with Crippen molar-refractivity contribution in [2.24, 2.45) is 0 Å². The van der Waals surface area contributed by atoms with Crippen molar-refractivity contribution in [1.82, 2.24) is 15.1 Å². The number of aromatic nitrogens is 2. The highest BCUT2D eigenvalue weighted by molar-refractivity contribution is 5.44. The van der Waals surface area contributed by atoms with Crippen LogP contribution in [0.15, 0.2) is 6.20 Å². The fourth-order valence-electron chi connectivity index (χ4n) is 2.35. The van der Waals surface area contributed by atoms with Gasteiger partial charge in [-0.1, -0.05) is 0 Å². The van der Waals surface area contributed by atoms with Gasteiger partial charge in [-0.2, -0.15) is 5.10 Å². The van der Waals surface area contributed by atoms with Crippen LogP contribution in [0.2, 0.25) is 0 Å². The van der Waals surface area contributed by atoms with Gasteiger partial charge in [0.05, 0.1) is 17.4 Å². The van der Waals surface area contributed by atoms with E-state index < -0.39 is 0 Å². The Bertz CT molecular complexity index is 347. The molecular formula is C11H18N4. The average molecular weight is 206 g/mol. The molecular weight excluding hydrogens is 188 g/mol. The Morgan fingerprint density at radius 3 is 2.67 bits per heavy atom. The minimum Gasteiger partial charge on any atom is -0.396 e. The standard InChI is InChI=1S/C11H18N4/c12-10-7-15(9-3-5-13-6-4-9)14-11(10)8-1-2-8/h7-9,13H,1-6,12H2. The van der Waals surface area contributed by atoms with Crippen molar-refractivity contribution in [2.75, 3.05) is 18.8 Å². The Hall–Kier alpha value is -1.03. The highest BCUT2D eigenvalue weighted by atomic mass is 15.3. The molecule has 1 aromatic heterocycles. The predicted octanol–water partition coefficient (Wildman–Crippen LogP) is 1.27. The summed E-state index contributed by atoms with van der Waals surface area (Å²) in [5.41, 5.74) is 8.04. The zero-order valence-electron chi connectivity index (χ0n) is 8.95. The predicted molar refractivity (Wildman–Crippen MR) is 59.8 cm³/mol. The Labute approximate surface area is 89.8 Å². The maximum absolute atomic E-state index is 5.99. The lowest BCUT2D eigenvalue weighted by Gasteiger charge is -2.22. The van der Waals surface area contributed by atoms with Crippen LogP contribution in [0.25, 0.3) is 0 Å². The van der Waals surface area contributed by atoms with Gasteiger partial charge in [-0.3, -0.25) is 4.68 Å². The first kappa shape index (κ1) is 9.21. The first-order valence-corrected chi connectivity index (χ1v) is 5.90. The van der Waals surface area contributed by atoms with Crippen molar-refractivity contribution in [3.8, 4) is 0 Å². The largest absolute Gasteiger partial charge is 0.396 e. The van der Waals surface area contributed by atoms with Gasteiger partial charge < -0.3 is 11.1 Å². The van der Waals surface area contributed by atoms with Crippen molar-refractivity contribution >= 4 is 5.69 Å². The smallest absolute Gasteiger partial charge is 0.0884 e. The molecule has 0 amide bonds. The molecule has 0 atom stereocenters. The van der Waals surface area contributed by atoms with Crippen LogP contribution in [0.3, 0.4) is 0 Å². The van der Waals surface area contributed by atoms with Gasteiger partial charge in [0, 0.05) is 12.1 Å². The molecule has 2 aliphatic rings. The molecule has 0 bridgehead atoms. The fraction of sp³-hybridized carbons (Fsp3) is 0.727. The van der Waals surface area contributed by atoms with E-state index in [1.807, 2.05) is 6.20 Å². The molecule has 0 radical (unpaired) electrons. The van der Waals surface area contributed by atoms with Crippen LogP contribution in [-0.4, -0.2) is 22.9 Å². The number of anilines is 1. The van der Waals surface area contributed by atoms with E-state index in [4.69, 9.17) is 5.73 Å². The van der Waals surface area contributed by atoms with Gasteiger partial charge in [-0.05, 0) is 38.8 Å². The molecule has 2 fully saturated rings. The first-order chi connectivity index (χ1) is 7.34. The second kappa shape index (κ2) is 3.52. The Morgan fingerprint density at radius 1 is 1.27 bits per heavy atom. The SMILES string of the molecule is Nc1cn(C2CCNCC2)nc1C1CC1. The van der Waals surface area contributed by atoms with E-state index in [-0.39, 0.29) is 0 Å². The fourth-order valence-corrected chi connectivity index (χ4v) is 2.35. The summed E-state index contributed by atoms with van der Waals surface area (Å²) < 4.78 is 2.10. The number of nitrogens with zero attached hydrogens (tertiary/aromatic N) is 2. The van der Waals surface area contributed by atoms with Crippen molar-refractivity contribution in [2.45, 2.75) is 37.6 Å². The van der Waals surface area contributed by atoms with E-state index in [2.05, 4.69) is 15.1 Å². The molecule has 1 aliphatic carbocycles. The highest BCUT2D eigenvalue weighted by Gasteiger charge is 2.29. The minimum absolute atomic E-state index is 0.557. The highest BCUT2D eigenvalue weighted by Crippen LogP contribution is 2.42. The normalized spacial score (nSPS) is 23.2. The number of nitrogens with one attached hydrogen (secondary N) is 1.